The molecule has 0 aliphatic carbocycles. The Balaban J connectivity index is 2.54. The average molecular weight is 364 g/mol. The largest absolute Gasteiger partial charge is 0.508 e. The number of rotatable bonds is 7. The molecule has 26 heavy (non-hydrogen) atoms. The molecule has 1 aromatic carbocycles. The fourth-order valence-corrected chi connectivity index (χ4v) is 3.16. The summed E-state index contributed by atoms with van der Waals surface area (Å²) in [5.41, 5.74) is 0.241. The van der Waals surface area contributed by atoms with Crippen LogP contribution in [0.3, 0.4) is 0 Å². The molecule has 0 spiro atoms. The minimum Gasteiger partial charge on any atom is -0.508 e. The number of esters is 2. The minimum absolute atomic E-state index is 0.0820. The lowest BCUT2D eigenvalue weighted by molar-refractivity contribution is -0.508. The van der Waals surface area contributed by atoms with Crippen molar-refractivity contribution in [3.8, 4) is 5.75 Å². The number of carbonyl (C=O) groups is 2. The molecule has 7 heteroatoms. The van der Waals surface area contributed by atoms with Gasteiger partial charge in [0.05, 0.1) is 13.2 Å². The van der Waals surface area contributed by atoms with Crippen LogP contribution in [0.2, 0.25) is 0 Å². The lowest BCUT2D eigenvalue weighted by Crippen LogP contribution is -2.42. The van der Waals surface area contributed by atoms with E-state index in [2.05, 4.69) is 0 Å². The second-order valence-corrected chi connectivity index (χ2v) is 6.03. The van der Waals surface area contributed by atoms with Crippen molar-refractivity contribution in [2.24, 2.45) is 5.92 Å². The third-order valence-electron chi connectivity index (χ3n) is 4.34. The molecule has 0 bridgehead atoms. The molecule has 1 fully saturated rings. The summed E-state index contributed by atoms with van der Waals surface area (Å²) in [6.07, 6.45) is 0.325. The third kappa shape index (κ3) is 4.40. The lowest BCUT2D eigenvalue weighted by Gasteiger charge is -2.21. The number of aromatic hydroxyl groups is 1. The van der Waals surface area contributed by atoms with Crippen LogP contribution < -0.4 is 0 Å². The van der Waals surface area contributed by atoms with Gasteiger partial charge in [-0.2, -0.15) is 0 Å². The van der Waals surface area contributed by atoms with Gasteiger partial charge in [0.15, 0.2) is 5.92 Å². The topological polar surface area (TPSA) is 96.1 Å². The van der Waals surface area contributed by atoms with Crippen LogP contribution in [0.1, 0.15) is 38.4 Å². The summed E-state index contributed by atoms with van der Waals surface area (Å²) in [6.45, 7) is 4.78. The van der Waals surface area contributed by atoms with Crippen molar-refractivity contribution in [2.45, 2.75) is 32.8 Å². The highest BCUT2D eigenvalue weighted by Crippen LogP contribution is 2.31. The van der Waals surface area contributed by atoms with Crippen LogP contribution in [-0.4, -0.2) is 58.7 Å². The molecule has 1 aliphatic rings. The molecule has 0 amide bonds. The van der Waals surface area contributed by atoms with Gasteiger partial charge in [-0.15, -0.1) is 0 Å². The fourth-order valence-electron chi connectivity index (χ4n) is 3.16. The Morgan fingerprint density at radius 1 is 1.12 bits per heavy atom. The molecule has 2 rings (SSSR count). The van der Waals surface area contributed by atoms with Gasteiger partial charge in [0.2, 0.25) is 0 Å². The van der Waals surface area contributed by atoms with Crippen molar-refractivity contribution < 1.29 is 33.9 Å². The molecular weight excluding hydrogens is 338 g/mol. The Kier molecular flexibility index (Phi) is 7.15. The number of para-hydroxylation sites is 1. The Bertz CT molecular complexity index is 676. The minimum atomic E-state index is -1.43. The number of benzene rings is 1. The molecule has 2 unspecified atom stereocenters. The first-order chi connectivity index (χ1) is 12.5. The van der Waals surface area contributed by atoms with E-state index < -0.39 is 24.0 Å². The van der Waals surface area contributed by atoms with E-state index in [0.717, 1.165) is 12.8 Å². The standard InChI is InChI=1S/C19H25NO6/c1-3-25-18(23)15(17(22)13-9-5-6-10-14(13)21)16(19(24)26-4-2)20-11-7-8-12-20/h5-6,9-10,15,17,22H,3-4,7-8,11-12H2,1-2H3/p+1. The molecule has 2 N–H and O–H groups in total. The van der Waals surface area contributed by atoms with Crippen molar-refractivity contribution in [3.05, 3.63) is 29.8 Å². The first-order valence-electron chi connectivity index (χ1n) is 8.92. The van der Waals surface area contributed by atoms with Crippen LogP contribution in [0, 0.1) is 5.92 Å². The zero-order valence-electron chi connectivity index (χ0n) is 15.2. The number of aliphatic hydroxyl groups is 1. The predicted octanol–water partition coefficient (Wildman–Crippen LogP) is 1.42. The maximum Gasteiger partial charge on any atom is 0.399 e. The molecule has 1 aliphatic heterocycles. The summed E-state index contributed by atoms with van der Waals surface area (Å²) in [5, 5.41) is 21.0. The molecule has 0 saturated carbocycles. The third-order valence-corrected chi connectivity index (χ3v) is 4.34. The number of phenolic OH excluding ortho intramolecular Hbond substituents is 1. The summed E-state index contributed by atoms with van der Waals surface area (Å²) in [4.78, 5) is 25.3. The number of hydrogen-bond donors (Lipinski definition) is 2. The van der Waals surface area contributed by atoms with E-state index in [4.69, 9.17) is 9.47 Å². The van der Waals surface area contributed by atoms with Crippen LogP contribution in [0.4, 0.5) is 0 Å². The van der Waals surface area contributed by atoms with E-state index in [1.54, 1.807) is 30.6 Å². The van der Waals surface area contributed by atoms with Gasteiger partial charge >= 0.3 is 11.9 Å². The monoisotopic (exact) mass is 364 g/mol. The summed E-state index contributed by atoms with van der Waals surface area (Å²) >= 11 is 0. The lowest BCUT2D eigenvalue weighted by atomic mass is 9.90. The maximum atomic E-state index is 12.7. The van der Waals surface area contributed by atoms with Gasteiger partial charge < -0.3 is 19.7 Å². The van der Waals surface area contributed by atoms with E-state index in [1.807, 2.05) is 0 Å². The smallest absolute Gasteiger partial charge is 0.399 e. The van der Waals surface area contributed by atoms with Gasteiger partial charge in [0.1, 0.15) is 24.9 Å². The maximum absolute atomic E-state index is 12.7. The Hall–Kier alpha value is -2.41. The fraction of sp³-hybridized carbons (Fsp3) is 0.526. The normalized spacial score (nSPS) is 16.0. The van der Waals surface area contributed by atoms with Crippen molar-refractivity contribution in [3.63, 3.8) is 0 Å². The average Bonchev–Trinajstić information content (AvgIpc) is 3.13. The highest BCUT2D eigenvalue weighted by molar-refractivity contribution is 6.38. The molecular formula is C19H26NO6+. The molecule has 0 radical (unpaired) electrons. The van der Waals surface area contributed by atoms with Gasteiger partial charge in [-0.1, -0.05) is 18.2 Å². The van der Waals surface area contributed by atoms with E-state index >= 15 is 0 Å². The number of nitrogens with zero attached hydrogens (tertiary/aromatic N) is 1. The Labute approximate surface area is 152 Å². The zero-order chi connectivity index (χ0) is 19.1. The summed E-state index contributed by atoms with van der Waals surface area (Å²) in [6, 6.07) is 6.18. The number of phenols is 1. The molecule has 0 aromatic heterocycles. The van der Waals surface area contributed by atoms with Gasteiger partial charge in [0.25, 0.3) is 5.71 Å². The predicted molar refractivity (Wildman–Crippen MR) is 94.1 cm³/mol. The van der Waals surface area contributed by atoms with Gasteiger partial charge in [-0.25, -0.2) is 9.37 Å². The molecule has 1 aromatic rings. The van der Waals surface area contributed by atoms with Crippen molar-refractivity contribution in [2.75, 3.05) is 26.3 Å². The number of carbonyl (C=O) groups excluding carboxylic acids is 2. The zero-order valence-corrected chi connectivity index (χ0v) is 15.2. The van der Waals surface area contributed by atoms with Crippen LogP contribution in [0.25, 0.3) is 0 Å². The second-order valence-electron chi connectivity index (χ2n) is 6.03. The SMILES string of the molecule is CCOC(=O)C(C(C(=O)OCC)C(O)c1ccccc1O)=[N+]1CCCC1. The molecule has 142 valence electrons. The van der Waals surface area contributed by atoms with E-state index in [0.29, 0.717) is 13.1 Å². The summed E-state index contributed by atoms with van der Waals surface area (Å²) < 4.78 is 12.0. The first-order valence-corrected chi connectivity index (χ1v) is 8.92. The summed E-state index contributed by atoms with van der Waals surface area (Å²) in [7, 11) is 0. The molecule has 2 atom stereocenters. The highest BCUT2D eigenvalue weighted by Gasteiger charge is 2.46. The van der Waals surface area contributed by atoms with Gasteiger partial charge in [-0.05, 0) is 19.9 Å². The molecule has 1 saturated heterocycles. The van der Waals surface area contributed by atoms with Crippen molar-refractivity contribution >= 4 is 17.7 Å². The van der Waals surface area contributed by atoms with Crippen molar-refractivity contribution in [1.29, 1.82) is 0 Å². The van der Waals surface area contributed by atoms with Gasteiger partial charge in [0, 0.05) is 18.4 Å². The second kappa shape index (κ2) is 9.33. The summed E-state index contributed by atoms with van der Waals surface area (Å²) in [5.74, 6) is -2.81. The van der Waals surface area contributed by atoms with E-state index in [-0.39, 0.29) is 30.2 Å². The van der Waals surface area contributed by atoms with E-state index in [9.17, 15) is 19.8 Å². The number of aliphatic hydroxyl groups excluding tert-OH is 1. The van der Waals surface area contributed by atoms with Crippen molar-refractivity contribution in [1.82, 2.24) is 0 Å². The Morgan fingerprint density at radius 2 is 1.73 bits per heavy atom. The van der Waals surface area contributed by atoms with Gasteiger partial charge in [-0.3, -0.25) is 4.79 Å². The Morgan fingerprint density at radius 3 is 2.31 bits per heavy atom. The highest BCUT2D eigenvalue weighted by atomic mass is 16.5. The molecule has 7 nitrogen and oxygen atoms in total. The van der Waals surface area contributed by atoms with Crippen LogP contribution in [0.5, 0.6) is 5.75 Å². The van der Waals surface area contributed by atoms with E-state index in [1.165, 1.54) is 12.1 Å². The van der Waals surface area contributed by atoms with Crippen LogP contribution in [-0.2, 0) is 19.1 Å². The first kappa shape index (κ1) is 19.9. The number of hydrogen-bond acceptors (Lipinski definition) is 6. The molecule has 1 heterocycles. The van der Waals surface area contributed by atoms with Crippen LogP contribution >= 0.6 is 0 Å². The number of ether oxygens (including phenoxy) is 2. The quantitative estimate of drug-likeness (QED) is 0.561. The van der Waals surface area contributed by atoms with Crippen LogP contribution in [0.15, 0.2) is 24.3 Å².